The molecule has 0 aromatic rings. The van der Waals surface area contributed by atoms with E-state index >= 15 is 0 Å². The Hall–Kier alpha value is -1.14. The quantitative estimate of drug-likeness (QED) is 0.681. The molecule has 3 heterocycles. The van der Waals surface area contributed by atoms with Crippen LogP contribution in [-0.2, 0) is 4.79 Å². The van der Waals surface area contributed by atoms with E-state index in [0.29, 0.717) is 12.6 Å². The average molecular weight is 433 g/mol. The number of amides is 3. The summed E-state index contributed by atoms with van der Waals surface area (Å²) in [5.41, 5.74) is -0.367. The van der Waals surface area contributed by atoms with Crippen molar-refractivity contribution in [2.45, 2.75) is 90.5 Å². The zero-order valence-corrected chi connectivity index (χ0v) is 20.1. The highest BCUT2D eigenvalue weighted by Crippen LogP contribution is 2.43. The van der Waals surface area contributed by atoms with Crippen LogP contribution in [-0.4, -0.2) is 71.6 Å². The van der Waals surface area contributed by atoms with E-state index in [1.165, 1.54) is 63.1 Å². The Bertz CT molecular complexity index is 634. The van der Waals surface area contributed by atoms with Crippen LogP contribution in [0.25, 0.3) is 0 Å². The summed E-state index contributed by atoms with van der Waals surface area (Å²) < 4.78 is 0. The van der Waals surface area contributed by atoms with Gasteiger partial charge in [0, 0.05) is 19.6 Å². The Morgan fingerprint density at radius 1 is 0.871 bits per heavy atom. The normalized spacial score (nSPS) is 32.5. The minimum absolute atomic E-state index is 0.0246. The van der Waals surface area contributed by atoms with Crippen molar-refractivity contribution < 1.29 is 9.59 Å². The van der Waals surface area contributed by atoms with Gasteiger partial charge in [-0.25, -0.2) is 9.69 Å². The molecule has 1 aliphatic carbocycles. The molecule has 3 aliphatic heterocycles. The van der Waals surface area contributed by atoms with Crippen LogP contribution in [0.15, 0.2) is 0 Å². The molecule has 176 valence electrons. The van der Waals surface area contributed by atoms with Crippen molar-refractivity contribution in [1.29, 1.82) is 0 Å². The molecule has 0 aromatic heterocycles. The summed E-state index contributed by atoms with van der Waals surface area (Å²) in [5.74, 6) is 1.41. The number of nitrogens with zero attached hydrogens (tertiary/aromatic N) is 3. The molecule has 0 unspecified atom stereocenters. The summed E-state index contributed by atoms with van der Waals surface area (Å²) in [6.45, 7) is 13.1. The molecule has 4 fully saturated rings. The first-order valence-electron chi connectivity index (χ1n) is 12.9. The fraction of sp³-hybridized carbons (Fsp3) is 0.920. The van der Waals surface area contributed by atoms with E-state index in [4.69, 9.17) is 0 Å². The van der Waals surface area contributed by atoms with Crippen LogP contribution < -0.4 is 5.32 Å². The molecule has 4 aliphatic rings. The number of nitrogens with one attached hydrogen (secondary N) is 1. The molecule has 6 heteroatoms. The van der Waals surface area contributed by atoms with Crippen LogP contribution >= 0.6 is 0 Å². The van der Waals surface area contributed by atoms with Crippen molar-refractivity contribution in [3.8, 4) is 0 Å². The Labute approximate surface area is 189 Å². The number of hydrogen-bond donors (Lipinski definition) is 1. The van der Waals surface area contributed by atoms with Crippen molar-refractivity contribution in [2.75, 3.05) is 39.4 Å². The number of piperidine rings is 1. The first-order chi connectivity index (χ1) is 14.8. The second-order valence-corrected chi connectivity index (χ2v) is 11.8. The standard InChI is InChI=1S/C25H44N4O2/c1-24(2,3)21-8-12-25(13-9-21)22(30)29(23(31)26-25)19-28-16-10-20(11-17-28)18-27-14-6-4-5-7-15-27/h20-21H,4-19H2,1-3H3,(H,26,31). The van der Waals surface area contributed by atoms with Gasteiger partial charge in [0.25, 0.3) is 5.91 Å². The predicted octanol–water partition coefficient (Wildman–Crippen LogP) is 4.06. The maximum absolute atomic E-state index is 13.3. The highest BCUT2D eigenvalue weighted by atomic mass is 16.2. The van der Waals surface area contributed by atoms with Gasteiger partial charge in [0.05, 0.1) is 6.67 Å². The van der Waals surface area contributed by atoms with Gasteiger partial charge in [-0.15, -0.1) is 0 Å². The summed E-state index contributed by atoms with van der Waals surface area (Å²) in [6, 6.07) is -0.175. The molecule has 3 saturated heterocycles. The monoisotopic (exact) mass is 432 g/mol. The lowest BCUT2D eigenvalue weighted by Gasteiger charge is -2.40. The van der Waals surface area contributed by atoms with Gasteiger partial charge in [0.2, 0.25) is 0 Å². The lowest BCUT2D eigenvalue weighted by molar-refractivity contribution is -0.134. The molecule has 0 radical (unpaired) electrons. The van der Waals surface area contributed by atoms with E-state index in [1.807, 2.05) is 0 Å². The van der Waals surface area contributed by atoms with Crippen LogP contribution in [0.5, 0.6) is 0 Å². The minimum atomic E-state index is -0.635. The van der Waals surface area contributed by atoms with Gasteiger partial charge in [-0.3, -0.25) is 9.69 Å². The molecule has 1 spiro atoms. The van der Waals surface area contributed by atoms with Crippen molar-refractivity contribution in [1.82, 2.24) is 20.0 Å². The van der Waals surface area contributed by atoms with Crippen LogP contribution in [0, 0.1) is 17.3 Å². The summed E-state index contributed by atoms with van der Waals surface area (Å²) in [4.78, 5) is 32.5. The molecule has 0 aromatic carbocycles. The first-order valence-corrected chi connectivity index (χ1v) is 12.9. The Kier molecular flexibility index (Phi) is 6.97. The highest BCUT2D eigenvalue weighted by molar-refractivity contribution is 6.07. The lowest BCUT2D eigenvalue weighted by atomic mass is 9.67. The molecule has 3 amide bonds. The molecule has 31 heavy (non-hydrogen) atoms. The fourth-order valence-corrected chi connectivity index (χ4v) is 6.31. The largest absolute Gasteiger partial charge is 0.326 e. The van der Waals surface area contributed by atoms with Crippen LogP contribution in [0.3, 0.4) is 0 Å². The van der Waals surface area contributed by atoms with Crippen molar-refractivity contribution in [3.63, 3.8) is 0 Å². The van der Waals surface area contributed by atoms with E-state index in [-0.39, 0.29) is 17.4 Å². The topological polar surface area (TPSA) is 55.9 Å². The first kappa shape index (κ1) is 23.0. The van der Waals surface area contributed by atoms with E-state index < -0.39 is 5.54 Å². The maximum Gasteiger partial charge on any atom is 0.326 e. The summed E-state index contributed by atoms with van der Waals surface area (Å²) in [6.07, 6.45) is 11.4. The molecule has 0 atom stereocenters. The molecule has 1 N–H and O–H groups in total. The van der Waals surface area contributed by atoms with Gasteiger partial charge in [0.15, 0.2) is 0 Å². The predicted molar refractivity (Wildman–Crippen MR) is 124 cm³/mol. The van der Waals surface area contributed by atoms with Crippen LogP contribution in [0.1, 0.15) is 85.0 Å². The summed E-state index contributed by atoms with van der Waals surface area (Å²) in [5, 5.41) is 3.10. The highest BCUT2D eigenvalue weighted by Gasteiger charge is 2.53. The zero-order valence-electron chi connectivity index (χ0n) is 20.1. The maximum atomic E-state index is 13.3. The Balaban J connectivity index is 1.26. The third-order valence-corrected chi connectivity index (χ3v) is 8.57. The van der Waals surface area contributed by atoms with Crippen molar-refractivity contribution in [2.24, 2.45) is 17.3 Å². The Morgan fingerprint density at radius 3 is 2.06 bits per heavy atom. The smallest absolute Gasteiger partial charge is 0.323 e. The van der Waals surface area contributed by atoms with E-state index in [0.717, 1.165) is 44.7 Å². The number of likely N-dealkylation sites (tertiary alicyclic amines) is 2. The molecule has 0 bridgehead atoms. The van der Waals surface area contributed by atoms with Gasteiger partial charge in [-0.1, -0.05) is 33.6 Å². The number of carbonyl (C=O) groups is 2. The van der Waals surface area contributed by atoms with E-state index in [9.17, 15) is 9.59 Å². The second-order valence-electron chi connectivity index (χ2n) is 11.8. The molecular weight excluding hydrogens is 388 g/mol. The minimum Gasteiger partial charge on any atom is -0.323 e. The van der Waals surface area contributed by atoms with E-state index in [1.54, 1.807) is 0 Å². The SMILES string of the molecule is CC(C)(C)C1CCC2(CC1)NC(=O)N(CN1CCC(CN3CCCCCC3)CC1)C2=O. The number of rotatable bonds is 4. The second kappa shape index (κ2) is 9.38. The van der Waals surface area contributed by atoms with Gasteiger partial charge < -0.3 is 10.2 Å². The van der Waals surface area contributed by atoms with Crippen molar-refractivity contribution in [3.05, 3.63) is 0 Å². The fourth-order valence-electron chi connectivity index (χ4n) is 6.31. The Morgan fingerprint density at radius 2 is 1.48 bits per heavy atom. The van der Waals surface area contributed by atoms with Gasteiger partial charge in [-0.05, 0) is 81.7 Å². The third-order valence-electron chi connectivity index (χ3n) is 8.57. The summed E-state index contributed by atoms with van der Waals surface area (Å²) in [7, 11) is 0. The third kappa shape index (κ3) is 5.27. The molecule has 1 saturated carbocycles. The van der Waals surface area contributed by atoms with Crippen LogP contribution in [0.2, 0.25) is 0 Å². The number of imide groups is 1. The van der Waals surface area contributed by atoms with Crippen molar-refractivity contribution >= 4 is 11.9 Å². The molecular formula is C25H44N4O2. The van der Waals surface area contributed by atoms with E-state index in [2.05, 4.69) is 35.9 Å². The molecule has 4 rings (SSSR count). The molecule has 6 nitrogen and oxygen atoms in total. The lowest BCUT2D eigenvalue weighted by Crippen LogP contribution is -2.51. The number of hydrogen-bond acceptors (Lipinski definition) is 4. The zero-order chi connectivity index (χ0) is 22.1. The van der Waals surface area contributed by atoms with Crippen LogP contribution in [0.4, 0.5) is 4.79 Å². The van der Waals surface area contributed by atoms with Gasteiger partial charge in [-0.2, -0.15) is 0 Å². The van der Waals surface area contributed by atoms with Gasteiger partial charge in [0.1, 0.15) is 5.54 Å². The number of urea groups is 1. The summed E-state index contributed by atoms with van der Waals surface area (Å²) >= 11 is 0. The number of carbonyl (C=O) groups excluding carboxylic acids is 2. The van der Waals surface area contributed by atoms with Gasteiger partial charge >= 0.3 is 6.03 Å². The average Bonchev–Trinajstić information content (AvgIpc) is 2.91.